The van der Waals surface area contributed by atoms with E-state index in [4.69, 9.17) is 4.74 Å². The summed E-state index contributed by atoms with van der Waals surface area (Å²) >= 11 is 1.23. The Balaban J connectivity index is 2.43. The van der Waals surface area contributed by atoms with E-state index < -0.39 is 47.8 Å². The molecular weight excluding hydrogens is 695 g/mol. The summed E-state index contributed by atoms with van der Waals surface area (Å²) in [4.78, 5) is 60.0. The predicted molar refractivity (Wildman–Crippen MR) is 209 cm³/mol. The van der Waals surface area contributed by atoms with Crippen LogP contribution in [0.4, 0.5) is 0 Å². The van der Waals surface area contributed by atoms with Gasteiger partial charge in [-0.1, -0.05) is 85.2 Å². The van der Waals surface area contributed by atoms with Crippen LogP contribution in [-0.2, 0) is 25.5 Å². The van der Waals surface area contributed by atoms with Crippen molar-refractivity contribution in [3.63, 3.8) is 0 Å². The number of ether oxygens (including phenoxy) is 1. The summed E-state index contributed by atoms with van der Waals surface area (Å²) in [6, 6.07) is 7.55. The van der Waals surface area contributed by atoms with Gasteiger partial charge in [0.1, 0.15) is 22.8 Å². The lowest BCUT2D eigenvalue weighted by molar-refractivity contribution is -0.148. The molecule has 12 nitrogen and oxygen atoms in total. The standard InChI is InChI=1S/C40H65N5O7S/c1-12-19-45(38(49)34(26(7)13-2)44-36(48)33(41-11)25(5)6)31(24(3)4)21-32(52-27(8)46)37-43-30(23-53-37)35(47)42-29(22-40(9,10)39(50)51)20-28-17-15-14-16-18-28/h14-18,23-27,29,31-34,41,46H,12-13,19-22H2,1-11H3,(H,42,47)(H,44,48)(H,50,51)/t26-,27?,29-,31+,32+,33+,34-/m0/s1. The zero-order valence-electron chi connectivity index (χ0n) is 33.6. The molecule has 7 atom stereocenters. The van der Waals surface area contributed by atoms with Crippen LogP contribution in [0.1, 0.15) is 122 Å². The van der Waals surface area contributed by atoms with Crippen LogP contribution in [0.5, 0.6) is 0 Å². The van der Waals surface area contributed by atoms with Gasteiger partial charge in [-0.25, -0.2) is 4.98 Å². The van der Waals surface area contributed by atoms with Crippen molar-refractivity contribution in [2.75, 3.05) is 13.6 Å². The zero-order valence-corrected chi connectivity index (χ0v) is 34.5. The smallest absolute Gasteiger partial charge is 0.309 e. The number of amides is 3. The predicted octanol–water partition coefficient (Wildman–Crippen LogP) is 5.81. The van der Waals surface area contributed by atoms with E-state index in [0.717, 1.165) is 5.56 Å². The van der Waals surface area contributed by atoms with Gasteiger partial charge >= 0.3 is 5.97 Å². The van der Waals surface area contributed by atoms with Crippen molar-refractivity contribution >= 4 is 35.0 Å². The van der Waals surface area contributed by atoms with E-state index in [1.54, 1.807) is 26.3 Å². The number of nitrogens with one attached hydrogen (secondary N) is 3. The van der Waals surface area contributed by atoms with Gasteiger partial charge in [0.25, 0.3) is 5.91 Å². The van der Waals surface area contributed by atoms with Gasteiger partial charge in [0.05, 0.1) is 11.5 Å². The van der Waals surface area contributed by atoms with Crippen LogP contribution in [0.2, 0.25) is 0 Å². The molecule has 0 fully saturated rings. The number of carboxylic acid groups (broad SMARTS) is 1. The van der Waals surface area contributed by atoms with Gasteiger partial charge < -0.3 is 35.8 Å². The molecule has 2 rings (SSSR count). The van der Waals surface area contributed by atoms with Gasteiger partial charge in [0.2, 0.25) is 11.8 Å². The number of carbonyl (C=O) groups is 4. The first-order valence-electron chi connectivity index (χ1n) is 19.0. The van der Waals surface area contributed by atoms with E-state index >= 15 is 0 Å². The molecule has 3 amide bonds. The average molecular weight is 760 g/mol. The molecule has 0 saturated heterocycles. The summed E-state index contributed by atoms with van der Waals surface area (Å²) < 4.78 is 6.03. The monoisotopic (exact) mass is 759 g/mol. The largest absolute Gasteiger partial charge is 0.481 e. The van der Waals surface area contributed by atoms with Crippen molar-refractivity contribution in [3.8, 4) is 0 Å². The number of aliphatic hydroxyl groups is 1. The van der Waals surface area contributed by atoms with E-state index in [1.807, 2.05) is 83.7 Å². The van der Waals surface area contributed by atoms with Crippen molar-refractivity contribution in [2.24, 2.45) is 23.2 Å². The number of benzene rings is 1. The van der Waals surface area contributed by atoms with Gasteiger partial charge in [-0.3, -0.25) is 19.2 Å². The summed E-state index contributed by atoms with van der Waals surface area (Å²) in [7, 11) is 1.74. The third-order valence-electron chi connectivity index (χ3n) is 9.80. The lowest BCUT2D eigenvalue weighted by Gasteiger charge is -2.40. The molecule has 53 heavy (non-hydrogen) atoms. The third-order valence-corrected chi connectivity index (χ3v) is 10.7. The van der Waals surface area contributed by atoms with Crippen molar-refractivity contribution in [3.05, 3.63) is 52.0 Å². The first kappa shape index (κ1) is 45.8. The maximum Gasteiger partial charge on any atom is 0.309 e. The van der Waals surface area contributed by atoms with E-state index in [1.165, 1.54) is 18.3 Å². The molecule has 0 radical (unpaired) electrons. The third kappa shape index (κ3) is 13.8. The fourth-order valence-electron chi connectivity index (χ4n) is 6.56. The number of aliphatic carboxylic acids is 1. The van der Waals surface area contributed by atoms with Crippen LogP contribution < -0.4 is 16.0 Å². The van der Waals surface area contributed by atoms with Crippen LogP contribution in [-0.4, -0.2) is 87.8 Å². The van der Waals surface area contributed by atoms with Crippen LogP contribution in [0, 0.1) is 23.2 Å². The summed E-state index contributed by atoms with van der Waals surface area (Å²) in [5.41, 5.74) is 0.0387. The highest BCUT2D eigenvalue weighted by molar-refractivity contribution is 7.09. The minimum absolute atomic E-state index is 0.0258. The fourth-order valence-corrected chi connectivity index (χ4v) is 7.41. The first-order chi connectivity index (χ1) is 24.9. The highest BCUT2D eigenvalue weighted by atomic mass is 32.1. The molecule has 1 heterocycles. The van der Waals surface area contributed by atoms with Crippen LogP contribution in [0.3, 0.4) is 0 Å². The number of likely N-dealkylation sites (N-methyl/N-ethyl adjacent to an activating group) is 1. The average Bonchev–Trinajstić information content (AvgIpc) is 3.58. The quantitative estimate of drug-likeness (QED) is 0.0878. The normalized spacial score (nSPS) is 16.0. The van der Waals surface area contributed by atoms with E-state index in [-0.39, 0.29) is 47.7 Å². The second kappa shape index (κ2) is 21.5. The minimum Gasteiger partial charge on any atom is -0.481 e. The van der Waals surface area contributed by atoms with E-state index in [0.29, 0.717) is 37.2 Å². The van der Waals surface area contributed by atoms with E-state index in [9.17, 15) is 29.4 Å². The van der Waals surface area contributed by atoms with E-state index in [2.05, 4.69) is 20.9 Å². The number of aromatic nitrogens is 1. The van der Waals surface area contributed by atoms with Crippen molar-refractivity contribution in [1.82, 2.24) is 25.8 Å². The molecule has 0 bridgehead atoms. The molecule has 0 saturated carbocycles. The summed E-state index contributed by atoms with van der Waals surface area (Å²) in [5, 5.41) is 31.5. The SMILES string of the molecule is CCCN(C(=O)[C@@H](NC(=O)[C@H](NC)C(C)C)[C@@H](C)CC)[C@H](C[C@@H](OC(C)O)c1nc(C(=O)N[C@@H](Cc2ccccc2)CC(C)(C)C(=O)O)cs1)C(C)C. The van der Waals surface area contributed by atoms with Crippen molar-refractivity contribution in [1.29, 1.82) is 0 Å². The van der Waals surface area contributed by atoms with Gasteiger partial charge in [0.15, 0.2) is 6.29 Å². The Labute approximate surface area is 320 Å². The lowest BCUT2D eigenvalue weighted by atomic mass is 9.84. The number of hydrogen-bond donors (Lipinski definition) is 5. The Hall–Kier alpha value is -3.39. The number of rotatable bonds is 23. The lowest BCUT2D eigenvalue weighted by Crippen LogP contribution is -2.58. The van der Waals surface area contributed by atoms with Gasteiger partial charge in [-0.05, 0) is 70.4 Å². The Kier molecular flexibility index (Phi) is 18.6. The number of thiazole rings is 1. The molecule has 0 aliphatic carbocycles. The first-order valence-corrected chi connectivity index (χ1v) is 19.9. The second-order valence-electron chi connectivity index (χ2n) is 15.5. The summed E-state index contributed by atoms with van der Waals surface area (Å²) in [6.07, 6.45) is 0.406. The van der Waals surface area contributed by atoms with Gasteiger partial charge in [0, 0.05) is 30.4 Å². The maximum atomic E-state index is 14.5. The number of carboxylic acids is 1. The van der Waals surface area contributed by atoms with Gasteiger partial charge in [-0.2, -0.15) is 0 Å². The molecule has 298 valence electrons. The molecule has 1 aromatic carbocycles. The van der Waals surface area contributed by atoms with Crippen molar-refractivity contribution < 1.29 is 34.1 Å². The second-order valence-corrected chi connectivity index (χ2v) is 16.4. The summed E-state index contributed by atoms with van der Waals surface area (Å²) in [6.45, 7) is 19.2. The molecular formula is C40H65N5O7S. The fraction of sp³-hybridized carbons (Fsp3) is 0.675. The molecule has 5 N–H and O–H groups in total. The van der Waals surface area contributed by atoms with Crippen LogP contribution >= 0.6 is 11.3 Å². The number of carbonyl (C=O) groups excluding carboxylic acids is 3. The number of hydrogen-bond acceptors (Lipinski definition) is 9. The maximum absolute atomic E-state index is 14.5. The molecule has 0 aliphatic rings. The van der Waals surface area contributed by atoms with Crippen LogP contribution in [0.15, 0.2) is 35.7 Å². The van der Waals surface area contributed by atoms with Crippen LogP contribution in [0.25, 0.3) is 0 Å². The molecule has 0 spiro atoms. The molecule has 2 aromatic rings. The Morgan fingerprint density at radius 1 is 0.962 bits per heavy atom. The molecule has 13 heteroatoms. The molecule has 0 aliphatic heterocycles. The number of aliphatic hydroxyl groups excluding tert-OH is 1. The Morgan fingerprint density at radius 3 is 2.11 bits per heavy atom. The highest BCUT2D eigenvalue weighted by Crippen LogP contribution is 2.32. The minimum atomic E-state index is -1.15. The molecule has 1 aromatic heterocycles. The zero-order chi connectivity index (χ0) is 40.0. The highest BCUT2D eigenvalue weighted by Gasteiger charge is 2.38. The number of nitrogens with zero attached hydrogens (tertiary/aromatic N) is 2. The Bertz CT molecular complexity index is 1450. The van der Waals surface area contributed by atoms with Crippen molar-refractivity contribution in [2.45, 2.75) is 138 Å². The molecule has 1 unspecified atom stereocenters. The van der Waals surface area contributed by atoms with Gasteiger partial charge in [-0.15, -0.1) is 11.3 Å². The topological polar surface area (TPSA) is 170 Å². The summed E-state index contributed by atoms with van der Waals surface area (Å²) in [5.74, 6) is -1.92. The Morgan fingerprint density at radius 2 is 1.60 bits per heavy atom.